The van der Waals surface area contributed by atoms with E-state index in [1.165, 1.54) is 6.07 Å². The topological polar surface area (TPSA) is 55.8 Å². The van der Waals surface area contributed by atoms with Gasteiger partial charge in [-0.2, -0.15) is 0 Å². The molecule has 0 aliphatic carbocycles. The van der Waals surface area contributed by atoms with Gasteiger partial charge in [0.2, 0.25) is 0 Å². The highest BCUT2D eigenvalue weighted by Crippen LogP contribution is 2.29. The normalized spacial score (nSPS) is 10.3. The summed E-state index contributed by atoms with van der Waals surface area (Å²) in [5, 5.41) is 9.37. The lowest BCUT2D eigenvalue weighted by molar-refractivity contribution is 0.0702. The van der Waals surface area contributed by atoms with Gasteiger partial charge in [-0.1, -0.05) is 23.5 Å². The van der Waals surface area contributed by atoms with E-state index in [-0.39, 0.29) is 4.88 Å². The number of carboxylic acids is 1. The third kappa shape index (κ3) is 3.09. The van der Waals surface area contributed by atoms with Crippen LogP contribution in [-0.2, 0) is 11.3 Å². The average Bonchev–Trinajstić information content (AvgIpc) is 2.78. The SMILES string of the molecule is COCc1cccc(Oc2ccc(C(=O)O)s2)c1. The lowest BCUT2D eigenvalue weighted by Crippen LogP contribution is -1.89. The first-order chi connectivity index (χ1) is 8.69. The van der Waals surface area contributed by atoms with E-state index in [1.54, 1.807) is 13.2 Å². The van der Waals surface area contributed by atoms with Crippen LogP contribution in [0.15, 0.2) is 36.4 Å². The number of carbonyl (C=O) groups is 1. The Morgan fingerprint density at radius 3 is 2.83 bits per heavy atom. The Balaban J connectivity index is 2.12. The van der Waals surface area contributed by atoms with E-state index in [2.05, 4.69) is 0 Å². The molecule has 0 atom stereocenters. The van der Waals surface area contributed by atoms with Crippen LogP contribution in [-0.4, -0.2) is 18.2 Å². The summed E-state index contributed by atoms with van der Waals surface area (Å²) in [6.07, 6.45) is 0. The molecule has 2 aromatic rings. The van der Waals surface area contributed by atoms with E-state index in [1.807, 2.05) is 24.3 Å². The summed E-state index contributed by atoms with van der Waals surface area (Å²) < 4.78 is 10.6. The summed E-state index contributed by atoms with van der Waals surface area (Å²) in [6.45, 7) is 0.516. The molecule has 5 heteroatoms. The van der Waals surface area contributed by atoms with E-state index in [0.717, 1.165) is 16.9 Å². The number of methoxy groups -OCH3 is 1. The van der Waals surface area contributed by atoms with Crippen LogP contribution in [0.3, 0.4) is 0 Å². The van der Waals surface area contributed by atoms with E-state index in [4.69, 9.17) is 14.6 Å². The predicted octanol–water partition coefficient (Wildman–Crippen LogP) is 3.39. The molecular formula is C13H12O4S. The maximum Gasteiger partial charge on any atom is 0.345 e. The molecule has 1 heterocycles. The van der Waals surface area contributed by atoms with Crippen LogP contribution < -0.4 is 4.74 Å². The lowest BCUT2D eigenvalue weighted by Gasteiger charge is -2.05. The van der Waals surface area contributed by atoms with Crippen molar-refractivity contribution in [3.63, 3.8) is 0 Å². The monoisotopic (exact) mass is 264 g/mol. The largest absolute Gasteiger partial charge is 0.477 e. The molecule has 0 unspecified atom stereocenters. The molecule has 1 N–H and O–H groups in total. The van der Waals surface area contributed by atoms with Crippen LogP contribution >= 0.6 is 11.3 Å². The average molecular weight is 264 g/mol. The quantitative estimate of drug-likeness (QED) is 0.899. The number of thiophene rings is 1. The van der Waals surface area contributed by atoms with Crippen LogP contribution in [0.4, 0.5) is 0 Å². The minimum Gasteiger partial charge on any atom is -0.477 e. The molecule has 0 bridgehead atoms. The van der Waals surface area contributed by atoms with Gasteiger partial charge in [-0.15, -0.1) is 0 Å². The highest BCUT2D eigenvalue weighted by molar-refractivity contribution is 7.15. The van der Waals surface area contributed by atoms with Crippen molar-refractivity contribution in [1.82, 2.24) is 0 Å². The van der Waals surface area contributed by atoms with Crippen molar-refractivity contribution >= 4 is 17.3 Å². The smallest absolute Gasteiger partial charge is 0.345 e. The second-order valence-electron chi connectivity index (χ2n) is 3.61. The molecule has 0 spiro atoms. The van der Waals surface area contributed by atoms with Crippen molar-refractivity contribution in [2.75, 3.05) is 7.11 Å². The van der Waals surface area contributed by atoms with Crippen molar-refractivity contribution in [3.05, 3.63) is 46.8 Å². The maximum atomic E-state index is 10.7. The number of aromatic carboxylic acids is 1. The number of rotatable bonds is 5. The molecule has 0 aliphatic heterocycles. The Hall–Kier alpha value is -1.85. The van der Waals surface area contributed by atoms with Gasteiger partial charge in [0.25, 0.3) is 0 Å². The Labute approximate surface area is 108 Å². The van der Waals surface area contributed by atoms with Gasteiger partial charge >= 0.3 is 5.97 Å². The van der Waals surface area contributed by atoms with Crippen molar-refractivity contribution in [1.29, 1.82) is 0 Å². The van der Waals surface area contributed by atoms with E-state index >= 15 is 0 Å². The van der Waals surface area contributed by atoms with Gasteiger partial charge in [-0.25, -0.2) is 4.79 Å². The number of carboxylic acid groups (broad SMARTS) is 1. The molecule has 0 amide bonds. The molecule has 0 radical (unpaired) electrons. The van der Waals surface area contributed by atoms with Crippen molar-refractivity contribution in [2.24, 2.45) is 0 Å². The van der Waals surface area contributed by atoms with E-state index in [9.17, 15) is 4.79 Å². The minimum atomic E-state index is -0.942. The van der Waals surface area contributed by atoms with Crippen LogP contribution in [0.2, 0.25) is 0 Å². The molecule has 1 aromatic heterocycles. The van der Waals surface area contributed by atoms with Gasteiger partial charge in [0.05, 0.1) is 6.61 Å². The summed E-state index contributed by atoms with van der Waals surface area (Å²) in [7, 11) is 1.63. The first-order valence-corrected chi connectivity index (χ1v) is 6.09. The Kier molecular flexibility index (Phi) is 3.96. The van der Waals surface area contributed by atoms with Crippen LogP contribution in [0.1, 0.15) is 15.2 Å². The molecule has 2 rings (SSSR count). The number of ether oxygens (including phenoxy) is 2. The summed E-state index contributed by atoms with van der Waals surface area (Å²) >= 11 is 1.10. The third-order valence-electron chi connectivity index (χ3n) is 2.22. The summed E-state index contributed by atoms with van der Waals surface area (Å²) in [6, 6.07) is 10.7. The van der Waals surface area contributed by atoms with Gasteiger partial charge in [-0.3, -0.25) is 0 Å². The van der Waals surface area contributed by atoms with Crippen molar-refractivity contribution in [3.8, 4) is 10.8 Å². The van der Waals surface area contributed by atoms with Gasteiger partial charge in [-0.05, 0) is 29.8 Å². The highest BCUT2D eigenvalue weighted by Gasteiger charge is 2.08. The van der Waals surface area contributed by atoms with Gasteiger partial charge in [0.1, 0.15) is 10.6 Å². The summed E-state index contributed by atoms with van der Waals surface area (Å²) in [5.74, 6) is -0.272. The fraction of sp³-hybridized carbons (Fsp3) is 0.154. The zero-order valence-electron chi connectivity index (χ0n) is 9.75. The fourth-order valence-corrected chi connectivity index (χ4v) is 2.19. The second-order valence-corrected chi connectivity index (χ2v) is 4.65. The van der Waals surface area contributed by atoms with Crippen LogP contribution in [0, 0.1) is 0 Å². The first kappa shape index (κ1) is 12.6. The van der Waals surface area contributed by atoms with E-state index < -0.39 is 5.97 Å². The van der Waals surface area contributed by atoms with Gasteiger partial charge in [0.15, 0.2) is 5.06 Å². The fourth-order valence-electron chi connectivity index (χ4n) is 1.47. The zero-order valence-corrected chi connectivity index (χ0v) is 10.6. The summed E-state index contributed by atoms with van der Waals surface area (Å²) in [5.41, 5.74) is 1.00. The Bertz CT molecular complexity index is 547. The molecule has 0 saturated heterocycles. The first-order valence-electron chi connectivity index (χ1n) is 5.28. The maximum absolute atomic E-state index is 10.7. The molecule has 94 valence electrons. The Morgan fingerprint density at radius 2 is 2.17 bits per heavy atom. The van der Waals surface area contributed by atoms with Gasteiger partial charge in [0, 0.05) is 7.11 Å². The highest BCUT2D eigenvalue weighted by atomic mass is 32.1. The standard InChI is InChI=1S/C13H12O4S/c1-16-8-9-3-2-4-10(7-9)17-12-6-5-11(18-12)13(14)15/h2-7H,8H2,1H3,(H,14,15). The molecule has 0 saturated carbocycles. The van der Waals surface area contributed by atoms with E-state index in [0.29, 0.717) is 17.4 Å². The zero-order chi connectivity index (χ0) is 13.0. The predicted molar refractivity (Wildman–Crippen MR) is 68.5 cm³/mol. The molecule has 18 heavy (non-hydrogen) atoms. The second kappa shape index (κ2) is 5.66. The van der Waals surface area contributed by atoms with Crippen molar-refractivity contribution in [2.45, 2.75) is 6.61 Å². The van der Waals surface area contributed by atoms with Crippen LogP contribution in [0.25, 0.3) is 0 Å². The summed E-state index contributed by atoms with van der Waals surface area (Å²) in [4.78, 5) is 11.0. The molecular weight excluding hydrogens is 252 g/mol. The number of hydrogen-bond donors (Lipinski definition) is 1. The third-order valence-corrected chi connectivity index (χ3v) is 3.17. The van der Waals surface area contributed by atoms with Crippen molar-refractivity contribution < 1.29 is 19.4 Å². The number of hydrogen-bond acceptors (Lipinski definition) is 4. The van der Waals surface area contributed by atoms with Gasteiger partial charge < -0.3 is 14.6 Å². The molecule has 0 fully saturated rings. The Morgan fingerprint density at radius 1 is 1.33 bits per heavy atom. The lowest BCUT2D eigenvalue weighted by atomic mass is 10.2. The molecule has 1 aromatic carbocycles. The van der Waals surface area contributed by atoms with Crippen LogP contribution in [0.5, 0.6) is 10.8 Å². The molecule has 4 nitrogen and oxygen atoms in total. The number of benzene rings is 1. The molecule has 0 aliphatic rings. The minimum absolute atomic E-state index is 0.262.